The van der Waals surface area contributed by atoms with Gasteiger partial charge in [-0.2, -0.15) is 5.10 Å². The van der Waals surface area contributed by atoms with Crippen molar-refractivity contribution in [3.8, 4) is 11.6 Å². The van der Waals surface area contributed by atoms with Gasteiger partial charge in [0.1, 0.15) is 0 Å². The maximum atomic E-state index is 6.39. The Kier molecular flexibility index (Phi) is 3.61. The molecule has 0 bridgehead atoms. The summed E-state index contributed by atoms with van der Waals surface area (Å²) in [4.78, 5) is 4.40. The normalized spacial score (nSPS) is 11.5. The molecule has 0 radical (unpaired) electrons. The zero-order valence-electron chi connectivity index (χ0n) is 13.4. The molecule has 4 rings (SSSR count). The first kappa shape index (κ1) is 15.0. The van der Waals surface area contributed by atoms with Gasteiger partial charge in [0.05, 0.1) is 28.5 Å². The van der Waals surface area contributed by atoms with Crippen LogP contribution in [0.1, 0.15) is 18.3 Å². The summed E-state index contributed by atoms with van der Waals surface area (Å²) in [6.45, 7) is 2.59. The monoisotopic (exact) mass is 341 g/mol. The van der Waals surface area contributed by atoms with E-state index in [0.717, 1.165) is 34.5 Å². The average molecular weight is 342 g/mol. The van der Waals surface area contributed by atoms with E-state index >= 15 is 0 Å². The molecule has 0 fully saturated rings. The number of nitrogens with zero attached hydrogens (tertiary/aromatic N) is 5. The molecule has 0 spiro atoms. The third kappa shape index (κ3) is 2.39. The van der Waals surface area contributed by atoms with Gasteiger partial charge in [-0.3, -0.25) is 4.68 Å². The zero-order valence-corrected chi connectivity index (χ0v) is 14.2. The number of rotatable bonds is 4. The van der Waals surface area contributed by atoms with E-state index in [9.17, 15) is 0 Å². The number of aromatic nitrogens is 5. The summed E-state index contributed by atoms with van der Waals surface area (Å²) in [5.74, 6) is 1.39. The lowest BCUT2D eigenvalue weighted by Crippen LogP contribution is -2.02. The number of aryl methyl sites for hydroxylation is 2. The molecule has 122 valence electrons. The van der Waals surface area contributed by atoms with E-state index in [1.165, 1.54) is 0 Å². The quantitative estimate of drug-likeness (QED) is 0.568. The summed E-state index contributed by atoms with van der Waals surface area (Å²) >= 11 is 6.39. The first-order chi connectivity index (χ1) is 11.7. The Bertz CT molecular complexity index is 1010. The molecule has 0 saturated heterocycles. The fraction of sp³-hybridized carbons (Fsp3) is 0.235. The van der Waals surface area contributed by atoms with E-state index < -0.39 is 0 Å². The van der Waals surface area contributed by atoms with Crippen molar-refractivity contribution in [3.63, 3.8) is 0 Å². The second-order valence-electron chi connectivity index (χ2n) is 5.62. The Morgan fingerprint density at radius 1 is 1.29 bits per heavy atom. The molecule has 0 N–H and O–H groups in total. The van der Waals surface area contributed by atoms with E-state index in [2.05, 4.69) is 15.2 Å². The van der Waals surface area contributed by atoms with Crippen LogP contribution >= 0.6 is 11.6 Å². The van der Waals surface area contributed by atoms with Crippen molar-refractivity contribution in [2.45, 2.75) is 19.9 Å². The van der Waals surface area contributed by atoms with Crippen LogP contribution in [0.25, 0.3) is 22.5 Å². The molecule has 0 amide bonds. The van der Waals surface area contributed by atoms with Crippen LogP contribution in [-0.4, -0.2) is 24.5 Å². The highest BCUT2D eigenvalue weighted by molar-refractivity contribution is 6.35. The lowest BCUT2D eigenvalue weighted by Gasteiger charge is -2.04. The van der Waals surface area contributed by atoms with Crippen LogP contribution in [0, 0.1) is 0 Å². The van der Waals surface area contributed by atoms with Crippen LogP contribution in [0.2, 0.25) is 5.02 Å². The fourth-order valence-corrected chi connectivity index (χ4v) is 3.15. The van der Waals surface area contributed by atoms with Gasteiger partial charge in [-0.05, 0) is 18.6 Å². The van der Waals surface area contributed by atoms with Crippen LogP contribution in [0.15, 0.2) is 41.2 Å². The SMILES string of the molecule is CCc1cc(-c2nccn2Cc2nn(C)c3cccc(Cl)c23)on1. The van der Waals surface area contributed by atoms with Crippen molar-refractivity contribution in [3.05, 3.63) is 53.1 Å². The standard InChI is InChI=1S/C17H16ClN5O/c1-3-11-9-15(24-21-11)17-19-7-8-23(17)10-13-16-12(18)5-4-6-14(16)22(2)20-13/h4-9H,3,10H2,1-2H3. The molecule has 3 aromatic heterocycles. The highest BCUT2D eigenvalue weighted by atomic mass is 35.5. The maximum absolute atomic E-state index is 6.39. The van der Waals surface area contributed by atoms with Crippen LogP contribution in [0.5, 0.6) is 0 Å². The third-order valence-corrected chi connectivity index (χ3v) is 4.39. The fourth-order valence-electron chi connectivity index (χ4n) is 2.87. The third-order valence-electron chi connectivity index (χ3n) is 4.08. The van der Waals surface area contributed by atoms with Gasteiger partial charge in [-0.25, -0.2) is 4.98 Å². The molecular formula is C17H16ClN5O. The number of imidazole rings is 1. The minimum atomic E-state index is 0.554. The second kappa shape index (κ2) is 5.79. The summed E-state index contributed by atoms with van der Waals surface area (Å²) in [5, 5.41) is 10.3. The van der Waals surface area contributed by atoms with Crippen LogP contribution in [0.3, 0.4) is 0 Å². The van der Waals surface area contributed by atoms with Crippen LogP contribution < -0.4 is 0 Å². The minimum absolute atomic E-state index is 0.554. The number of hydrogen-bond acceptors (Lipinski definition) is 4. The Balaban J connectivity index is 1.76. The maximum Gasteiger partial charge on any atom is 0.202 e. The van der Waals surface area contributed by atoms with Gasteiger partial charge >= 0.3 is 0 Å². The van der Waals surface area contributed by atoms with E-state index in [-0.39, 0.29) is 0 Å². The highest BCUT2D eigenvalue weighted by Crippen LogP contribution is 2.28. The minimum Gasteiger partial charge on any atom is -0.353 e. The Hall–Kier alpha value is -2.60. The van der Waals surface area contributed by atoms with Crippen molar-refractivity contribution in [1.82, 2.24) is 24.5 Å². The number of hydrogen-bond donors (Lipinski definition) is 0. The van der Waals surface area contributed by atoms with Crippen molar-refractivity contribution in [2.24, 2.45) is 7.05 Å². The van der Waals surface area contributed by atoms with Gasteiger partial charge in [0.15, 0.2) is 5.82 Å². The lowest BCUT2D eigenvalue weighted by molar-refractivity contribution is 0.420. The summed E-state index contributed by atoms with van der Waals surface area (Å²) in [7, 11) is 1.92. The van der Waals surface area contributed by atoms with E-state index in [4.69, 9.17) is 16.1 Å². The molecule has 4 aromatic rings. The molecule has 0 atom stereocenters. The summed E-state index contributed by atoms with van der Waals surface area (Å²) in [6, 6.07) is 7.74. The Labute approximate surface area is 143 Å². The molecular weight excluding hydrogens is 326 g/mol. The largest absolute Gasteiger partial charge is 0.353 e. The van der Waals surface area contributed by atoms with E-state index in [0.29, 0.717) is 17.3 Å². The number of benzene rings is 1. The Morgan fingerprint density at radius 3 is 2.96 bits per heavy atom. The van der Waals surface area contributed by atoms with Gasteiger partial charge in [0.2, 0.25) is 5.76 Å². The molecule has 0 aliphatic heterocycles. The van der Waals surface area contributed by atoms with Crippen molar-refractivity contribution >= 4 is 22.5 Å². The topological polar surface area (TPSA) is 61.7 Å². The molecule has 0 aliphatic carbocycles. The average Bonchev–Trinajstić information content (AvgIpc) is 3.28. The van der Waals surface area contributed by atoms with Crippen molar-refractivity contribution in [2.75, 3.05) is 0 Å². The smallest absolute Gasteiger partial charge is 0.202 e. The zero-order chi connectivity index (χ0) is 16.7. The summed E-state index contributed by atoms with van der Waals surface area (Å²) in [5.41, 5.74) is 2.81. The van der Waals surface area contributed by atoms with Gasteiger partial charge in [0, 0.05) is 30.9 Å². The highest BCUT2D eigenvalue weighted by Gasteiger charge is 2.16. The molecule has 1 aromatic carbocycles. The van der Waals surface area contributed by atoms with Crippen molar-refractivity contribution < 1.29 is 4.52 Å². The molecule has 0 saturated carbocycles. The molecule has 24 heavy (non-hydrogen) atoms. The van der Waals surface area contributed by atoms with Crippen LogP contribution in [-0.2, 0) is 20.0 Å². The van der Waals surface area contributed by atoms with E-state index in [1.807, 2.05) is 53.7 Å². The second-order valence-corrected chi connectivity index (χ2v) is 6.03. The first-order valence-electron chi connectivity index (χ1n) is 7.74. The van der Waals surface area contributed by atoms with Gasteiger partial charge < -0.3 is 9.09 Å². The van der Waals surface area contributed by atoms with Crippen LogP contribution in [0.4, 0.5) is 0 Å². The number of fused-ring (bicyclic) bond motifs is 1. The summed E-state index contributed by atoms with van der Waals surface area (Å²) in [6.07, 6.45) is 4.47. The van der Waals surface area contributed by atoms with Gasteiger partial charge in [-0.15, -0.1) is 0 Å². The lowest BCUT2D eigenvalue weighted by atomic mass is 10.2. The van der Waals surface area contributed by atoms with Gasteiger partial charge in [0.25, 0.3) is 0 Å². The van der Waals surface area contributed by atoms with Crippen molar-refractivity contribution in [1.29, 1.82) is 0 Å². The molecule has 6 nitrogen and oxygen atoms in total. The van der Waals surface area contributed by atoms with Gasteiger partial charge in [-0.1, -0.05) is 29.7 Å². The summed E-state index contributed by atoms with van der Waals surface area (Å²) < 4.78 is 9.24. The molecule has 3 heterocycles. The molecule has 7 heteroatoms. The molecule has 0 aliphatic rings. The predicted octanol–water partition coefficient (Wildman–Crippen LogP) is 3.69. The number of halogens is 1. The predicted molar refractivity (Wildman–Crippen MR) is 91.9 cm³/mol. The first-order valence-corrected chi connectivity index (χ1v) is 8.12. The molecule has 0 unspecified atom stereocenters. The van der Waals surface area contributed by atoms with E-state index in [1.54, 1.807) is 6.20 Å². The Morgan fingerprint density at radius 2 is 2.17 bits per heavy atom.